The van der Waals surface area contributed by atoms with Crippen LogP contribution in [0.15, 0.2) is 23.1 Å². The summed E-state index contributed by atoms with van der Waals surface area (Å²) in [4.78, 5) is 0.241. The van der Waals surface area contributed by atoms with E-state index in [-0.39, 0.29) is 4.90 Å². The van der Waals surface area contributed by atoms with E-state index in [0.717, 1.165) is 6.42 Å². The summed E-state index contributed by atoms with van der Waals surface area (Å²) in [5.74, 6) is 0. The summed E-state index contributed by atoms with van der Waals surface area (Å²) >= 11 is 0. The molecule has 5 heteroatoms. The van der Waals surface area contributed by atoms with E-state index in [0.29, 0.717) is 17.7 Å². The Labute approximate surface area is 103 Å². The van der Waals surface area contributed by atoms with Crippen molar-refractivity contribution < 1.29 is 8.42 Å². The van der Waals surface area contributed by atoms with Crippen LogP contribution in [0.3, 0.4) is 0 Å². The molecule has 0 saturated heterocycles. The Morgan fingerprint density at radius 3 is 2.53 bits per heavy atom. The van der Waals surface area contributed by atoms with Gasteiger partial charge in [-0.1, -0.05) is 6.92 Å². The highest BCUT2D eigenvalue weighted by Gasteiger charge is 2.20. The van der Waals surface area contributed by atoms with Crippen molar-refractivity contribution in [1.29, 1.82) is 5.26 Å². The van der Waals surface area contributed by atoms with Crippen molar-refractivity contribution in [3.63, 3.8) is 0 Å². The largest absolute Gasteiger partial charge is 0.242 e. The first-order valence-electron chi connectivity index (χ1n) is 5.40. The molecule has 1 rings (SSSR count). The zero-order valence-corrected chi connectivity index (χ0v) is 11.1. The first kappa shape index (κ1) is 13.7. The number of hydrogen-bond donors (Lipinski definition) is 0. The van der Waals surface area contributed by atoms with Crippen LogP contribution in [0, 0.1) is 18.3 Å². The predicted octanol–water partition coefficient (Wildman–Crippen LogP) is 1.90. The lowest BCUT2D eigenvalue weighted by Crippen LogP contribution is -2.27. The molecule has 0 spiro atoms. The van der Waals surface area contributed by atoms with Crippen molar-refractivity contribution >= 4 is 10.0 Å². The van der Waals surface area contributed by atoms with Crippen LogP contribution < -0.4 is 0 Å². The predicted molar refractivity (Wildman–Crippen MR) is 66.0 cm³/mol. The van der Waals surface area contributed by atoms with Gasteiger partial charge in [-0.2, -0.15) is 5.26 Å². The van der Waals surface area contributed by atoms with Crippen LogP contribution in [0.1, 0.15) is 24.5 Å². The van der Waals surface area contributed by atoms with Crippen molar-refractivity contribution in [3.05, 3.63) is 29.3 Å². The van der Waals surface area contributed by atoms with Gasteiger partial charge in [-0.05, 0) is 37.1 Å². The van der Waals surface area contributed by atoms with Crippen LogP contribution >= 0.6 is 0 Å². The molecule has 0 bridgehead atoms. The van der Waals surface area contributed by atoms with Gasteiger partial charge in [-0.25, -0.2) is 12.7 Å². The van der Waals surface area contributed by atoms with E-state index in [1.165, 1.54) is 10.4 Å². The molecule has 0 fully saturated rings. The molecule has 0 aliphatic rings. The maximum absolute atomic E-state index is 12.1. The van der Waals surface area contributed by atoms with E-state index in [2.05, 4.69) is 0 Å². The summed E-state index contributed by atoms with van der Waals surface area (Å²) < 4.78 is 25.6. The Morgan fingerprint density at radius 2 is 2.06 bits per heavy atom. The minimum Gasteiger partial charge on any atom is -0.207 e. The highest BCUT2D eigenvalue weighted by atomic mass is 32.2. The van der Waals surface area contributed by atoms with Crippen molar-refractivity contribution in [3.8, 4) is 6.07 Å². The molecule has 0 aliphatic carbocycles. The maximum atomic E-state index is 12.1. The van der Waals surface area contributed by atoms with Gasteiger partial charge >= 0.3 is 0 Å². The van der Waals surface area contributed by atoms with E-state index >= 15 is 0 Å². The second-order valence-electron chi connectivity index (χ2n) is 3.92. The van der Waals surface area contributed by atoms with Gasteiger partial charge in [0, 0.05) is 13.6 Å². The highest BCUT2D eigenvalue weighted by Crippen LogP contribution is 2.18. The Bertz CT molecular complexity index is 544. The van der Waals surface area contributed by atoms with E-state index in [4.69, 9.17) is 5.26 Å². The molecule has 0 amide bonds. The normalized spacial score (nSPS) is 11.5. The quantitative estimate of drug-likeness (QED) is 0.822. The average molecular weight is 252 g/mol. The van der Waals surface area contributed by atoms with Gasteiger partial charge in [-0.15, -0.1) is 0 Å². The van der Waals surface area contributed by atoms with Gasteiger partial charge in [0.1, 0.15) is 0 Å². The molecule has 4 nitrogen and oxygen atoms in total. The molecule has 0 atom stereocenters. The highest BCUT2D eigenvalue weighted by molar-refractivity contribution is 7.89. The molecule has 92 valence electrons. The Kier molecular flexibility index (Phi) is 4.27. The number of rotatable bonds is 4. The SMILES string of the molecule is CCCN(C)S(=O)(=O)c1ccc(C#N)c(C)c1. The summed E-state index contributed by atoms with van der Waals surface area (Å²) in [6, 6.07) is 6.58. The maximum Gasteiger partial charge on any atom is 0.242 e. The lowest BCUT2D eigenvalue weighted by Gasteiger charge is -2.16. The van der Waals surface area contributed by atoms with Crippen LogP contribution in [-0.4, -0.2) is 26.3 Å². The second kappa shape index (κ2) is 5.30. The molecule has 1 aromatic rings. The van der Waals surface area contributed by atoms with Gasteiger partial charge in [0.25, 0.3) is 0 Å². The number of sulfonamides is 1. The van der Waals surface area contributed by atoms with Crippen LogP contribution in [0.2, 0.25) is 0 Å². The van der Waals surface area contributed by atoms with Crippen molar-refractivity contribution in [2.24, 2.45) is 0 Å². The van der Waals surface area contributed by atoms with Crippen LogP contribution in [0.4, 0.5) is 0 Å². The van der Waals surface area contributed by atoms with Gasteiger partial charge in [0.05, 0.1) is 16.5 Å². The second-order valence-corrected chi connectivity index (χ2v) is 5.96. The fourth-order valence-electron chi connectivity index (χ4n) is 1.54. The third-order valence-electron chi connectivity index (χ3n) is 2.57. The lowest BCUT2D eigenvalue weighted by molar-refractivity contribution is 0.468. The van der Waals surface area contributed by atoms with Crippen LogP contribution in [0.5, 0.6) is 0 Å². The van der Waals surface area contributed by atoms with Crippen molar-refractivity contribution in [2.75, 3.05) is 13.6 Å². The summed E-state index contributed by atoms with van der Waals surface area (Å²) in [6.45, 7) is 4.15. The fraction of sp³-hybridized carbons (Fsp3) is 0.417. The van der Waals surface area contributed by atoms with E-state index < -0.39 is 10.0 Å². The summed E-state index contributed by atoms with van der Waals surface area (Å²) in [6.07, 6.45) is 0.769. The zero-order valence-electron chi connectivity index (χ0n) is 10.3. The van der Waals surface area contributed by atoms with Gasteiger partial charge in [0.15, 0.2) is 0 Å². The molecule has 0 unspecified atom stereocenters. The average Bonchev–Trinajstić information content (AvgIpc) is 2.29. The first-order chi connectivity index (χ1) is 7.93. The third kappa shape index (κ3) is 2.84. The number of nitriles is 1. The van der Waals surface area contributed by atoms with Crippen LogP contribution in [-0.2, 0) is 10.0 Å². The van der Waals surface area contributed by atoms with Gasteiger partial charge in [0.2, 0.25) is 10.0 Å². The Balaban J connectivity index is 3.18. The summed E-state index contributed by atoms with van der Waals surface area (Å²) in [5, 5.41) is 8.80. The molecule has 0 N–H and O–H groups in total. The molecular weight excluding hydrogens is 236 g/mol. The number of hydrogen-bond acceptors (Lipinski definition) is 3. The minimum atomic E-state index is -3.42. The summed E-state index contributed by atoms with van der Waals surface area (Å²) in [5.41, 5.74) is 1.18. The monoisotopic (exact) mass is 252 g/mol. The van der Waals surface area contributed by atoms with E-state index in [1.807, 2.05) is 13.0 Å². The molecule has 1 aromatic carbocycles. The number of benzene rings is 1. The minimum absolute atomic E-state index is 0.241. The molecule has 0 radical (unpaired) electrons. The molecular formula is C12H16N2O2S. The van der Waals surface area contributed by atoms with E-state index in [9.17, 15) is 8.42 Å². The lowest BCUT2D eigenvalue weighted by atomic mass is 10.1. The Hall–Kier alpha value is -1.38. The molecule has 0 aromatic heterocycles. The van der Waals surface area contributed by atoms with Gasteiger partial charge in [-0.3, -0.25) is 0 Å². The number of nitrogens with zero attached hydrogens (tertiary/aromatic N) is 2. The van der Waals surface area contributed by atoms with E-state index in [1.54, 1.807) is 26.1 Å². The number of aryl methyl sites for hydroxylation is 1. The van der Waals surface area contributed by atoms with Gasteiger partial charge < -0.3 is 0 Å². The Morgan fingerprint density at radius 1 is 1.41 bits per heavy atom. The molecule has 0 heterocycles. The third-order valence-corrected chi connectivity index (χ3v) is 4.42. The topological polar surface area (TPSA) is 61.2 Å². The smallest absolute Gasteiger partial charge is 0.207 e. The molecule has 17 heavy (non-hydrogen) atoms. The zero-order chi connectivity index (χ0) is 13.1. The van der Waals surface area contributed by atoms with Crippen molar-refractivity contribution in [1.82, 2.24) is 4.31 Å². The molecule has 0 saturated carbocycles. The standard InChI is InChI=1S/C12H16N2O2S/c1-4-7-14(3)17(15,16)12-6-5-11(9-13)10(2)8-12/h5-6,8H,4,7H2,1-3H3. The molecule has 0 aliphatic heterocycles. The first-order valence-corrected chi connectivity index (χ1v) is 6.84. The fourth-order valence-corrected chi connectivity index (χ4v) is 2.89. The van der Waals surface area contributed by atoms with Crippen LogP contribution in [0.25, 0.3) is 0 Å². The van der Waals surface area contributed by atoms with Crippen molar-refractivity contribution in [2.45, 2.75) is 25.2 Å². The summed E-state index contributed by atoms with van der Waals surface area (Å²) in [7, 11) is -1.86.